The van der Waals surface area contributed by atoms with Crippen LogP contribution in [-0.2, 0) is 4.79 Å². The number of piperidine rings is 1. The molecule has 3 nitrogen and oxygen atoms in total. The maximum absolute atomic E-state index is 10.9. The topological polar surface area (TPSA) is 46.3 Å². The van der Waals surface area contributed by atoms with Crippen molar-refractivity contribution in [3.8, 4) is 0 Å². The maximum atomic E-state index is 10.9. The maximum Gasteiger partial charge on any atom is 0.210 e. The van der Waals surface area contributed by atoms with E-state index in [1.54, 1.807) is 0 Å². The van der Waals surface area contributed by atoms with Crippen molar-refractivity contribution in [2.75, 3.05) is 12.3 Å². The van der Waals surface area contributed by atoms with Gasteiger partial charge in [-0.15, -0.1) is 0 Å². The van der Waals surface area contributed by atoms with E-state index in [4.69, 9.17) is 5.73 Å². The number of nitrogens with zero attached hydrogens (tertiary/aromatic N) is 1. The first kappa shape index (κ1) is 10.0. The fourth-order valence-electron chi connectivity index (χ4n) is 2.23. The van der Waals surface area contributed by atoms with E-state index in [2.05, 4.69) is 0 Å². The molecule has 0 radical (unpaired) electrons. The van der Waals surface area contributed by atoms with Gasteiger partial charge in [0.15, 0.2) is 0 Å². The molecule has 2 rings (SSSR count). The summed E-state index contributed by atoms with van der Waals surface area (Å²) in [6.07, 6.45) is 4.23. The molecule has 1 aliphatic rings. The van der Waals surface area contributed by atoms with Gasteiger partial charge in [-0.1, -0.05) is 18.2 Å². The number of nitrogens with two attached hydrogens (primary N) is 1. The molecule has 2 N–H and O–H groups in total. The normalized spacial score (nSPS) is 21.3. The van der Waals surface area contributed by atoms with Crippen LogP contribution in [0.2, 0.25) is 0 Å². The molecule has 80 valence electrons. The van der Waals surface area contributed by atoms with E-state index in [0.717, 1.165) is 37.0 Å². The molecule has 1 saturated heterocycles. The van der Waals surface area contributed by atoms with Crippen LogP contribution in [0.3, 0.4) is 0 Å². The molecular weight excluding hydrogens is 188 g/mol. The number of anilines is 1. The Balaban J connectivity index is 2.28. The highest BCUT2D eigenvalue weighted by atomic mass is 16.1. The van der Waals surface area contributed by atoms with Gasteiger partial charge in [-0.25, -0.2) is 0 Å². The molecular formula is C12H16N2O. The minimum absolute atomic E-state index is 0.178. The fourth-order valence-corrected chi connectivity index (χ4v) is 2.23. The molecule has 15 heavy (non-hydrogen) atoms. The van der Waals surface area contributed by atoms with Crippen LogP contribution in [0.5, 0.6) is 0 Å². The molecule has 0 aromatic heterocycles. The Kier molecular flexibility index (Phi) is 2.90. The van der Waals surface area contributed by atoms with Gasteiger partial charge in [-0.05, 0) is 30.9 Å². The van der Waals surface area contributed by atoms with Gasteiger partial charge in [0.2, 0.25) is 6.41 Å². The standard InChI is InChI=1S/C12H16N2O/c13-11-6-2-1-5-10(11)12-7-3-4-8-14(12)9-15/h1-2,5-6,9,12H,3-4,7-8,13H2. The molecule has 1 aromatic carbocycles. The van der Waals surface area contributed by atoms with Gasteiger partial charge in [0.25, 0.3) is 0 Å². The second-order valence-corrected chi connectivity index (χ2v) is 3.98. The number of amides is 1. The molecule has 1 amide bonds. The Hall–Kier alpha value is -1.51. The van der Waals surface area contributed by atoms with E-state index in [0.29, 0.717) is 0 Å². The first-order valence-corrected chi connectivity index (χ1v) is 5.38. The third-order valence-electron chi connectivity index (χ3n) is 3.03. The van der Waals surface area contributed by atoms with Gasteiger partial charge in [-0.2, -0.15) is 0 Å². The smallest absolute Gasteiger partial charge is 0.210 e. The molecule has 1 heterocycles. The number of likely N-dealkylation sites (tertiary alicyclic amines) is 1. The largest absolute Gasteiger partial charge is 0.398 e. The van der Waals surface area contributed by atoms with Gasteiger partial charge in [0, 0.05) is 12.2 Å². The Morgan fingerprint density at radius 1 is 1.33 bits per heavy atom. The molecule has 0 bridgehead atoms. The zero-order valence-corrected chi connectivity index (χ0v) is 8.73. The summed E-state index contributed by atoms with van der Waals surface area (Å²) in [5, 5.41) is 0. The molecule has 0 spiro atoms. The summed E-state index contributed by atoms with van der Waals surface area (Å²) < 4.78 is 0. The molecule has 1 aromatic rings. The van der Waals surface area contributed by atoms with Crippen LogP contribution < -0.4 is 5.73 Å². The van der Waals surface area contributed by atoms with Crippen LogP contribution in [-0.4, -0.2) is 17.9 Å². The van der Waals surface area contributed by atoms with E-state index in [1.165, 1.54) is 6.42 Å². The highest BCUT2D eigenvalue weighted by molar-refractivity contribution is 5.54. The van der Waals surface area contributed by atoms with Gasteiger partial charge in [0.1, 0.15) is 0 Å². The average molecular weight is 204 g/mol. The number of para-hydroxylation sites is 1. The van der Waals surface area contributed by atoms with Crippen molar-refractivity contribution in [2.24, 2.45) is 0 Å². The third-order valence-corrected chi connectivity index (χ3v) is 3.03. The summed E-state index contributed by atoms with van der Waals surface area (Å²) in [7, 11) is 0. The van der Waals surface area contributed by atoms with E-state index >= 15 is 0 Å². The van der Waals surface area contributed by atoms with Crippen LogP contribution in [0.1, 0.15) is 30.9 Å². The number of carbonyl (C=O) groups is 1. The predicted molar refractivity (Wildman–Crippen MR) is 60.2 cm³/mol. The van der Waals surface area contributed by atoms with Gasteiger partial charge < -0.3 is 10.6 Å². The summed E-state index contributed by atoms with van der Waals surface area (Å²) >= 11 is 0. The molecule has 1 fully saturated rings. The van der Waals surface area contributed by atoms with Crippen molar-refractivity contribution in [2.45, 2.75) is 25.3 Å². The van der Waals surface area contributed by atoms with Crippen LogP contribution in [0.15, 0.2) is 24.3 Å². The lowest BCUT2D eigenvalue weighted by molar-refractivity contribution is -0.121. The van der Waals surface area contributed by atoms with Crippen molar-refractivity contribution < 1.29 is 4.79 Å². The van der Waals surface area contributed by atoms with Crippen molar-refractivity contribution >= 4 is 12.1 Å². The van der Waals surface area contributed by atoms with Crippen LogP contribution in [0.25, 0.3) is 0 Å². The Labute approximate surface area is 89.9 Å². The number of hydrogen-bond donors (Lipinski definition) is 1. The number of rotatable bonds is 2. The predicted octanol–water partition coefficient (Wildman–Crippen LogP) is 1.95. The second-order valence-electron chi connectivity index (χ2n) is 3.98. The highest BCUT2D eigenvalue weighted by Crippen LogP contribution is 2.32. The van der Waals surface area contributed by atoms with E-state index in [-0.39, 0.29) is 6.04 Å². The van der Waals surface area contributed by atoms with Crippen molar-refractivity contribution in [3.63, 3.8) is 0 Å². The van der Waals surface area contributed by atoms with E-state index < -0.39 is 0 Å². The first-order chi connectivity index (χ1) is 7.33. The molecule has 1 unspecified atom stereocenters. The van der Waals surface area contributed by atoms with Crippen molar-refractivity contribution in [1.82, 2.24) is 4.90 Å². The SMILES string of the molecule is Nc1ccccc1C1CCCCN1C=O. The Morgan fingerprint density at radius 2 is 2.13 bits per heavy atom. The number of nitrogen functional groups attached to an aromatic ring is 1. The van der Waals surface area contributed by atoms with Gasteiger partial charge in [0.05, 0.1) is 6.04 Å². The lowest BCUT2D eigenvalue weighted by Crippen LogP contribution is -2.32. The van der Waals surface area contributed by atoms with Crippen LogP contribution >= 0.6 is 0 Å². The third kappa shape index (κ3) is 1.96. The minimum atomic E-state index is 0.178. The fraction of sp³-hybridized carbons (Fsp3) is 0.417. The zero-order valence-electron chi connectivity index (χ0n) is 8.73. The number of carbonyl (C=O) groups excluding carboxylic acids is 1. The van der Waals surface area contributed by atoms with Gasteiger partial charge in [-0.3, -0.25) is 4.79 Å². The summed E-state index contributed by atoms with van der Waals surface area (Å²) in [5.41, 5.74) is 7.80. The number of hydrogen-bond acceptors (Lipinski definition) is 2. The van der Waals surface area contributed by atoms with E-state index in [9.17, 15) is 4.79 Å². The monoisotopic (exact) mass is 204 g/mol. The zero-order chi connectivity index (χ0) is 10.7. The Bertz CT molecular complexity index is 351. The van der Waals surface area contributed by atoms with Crippen LogP contribution in [0, 0.1) is 0 Å². The van der Waals surface area contributed by atoms with Crippen molar-refractivity contribution in [1.29, 1.82) is 0 Å². The molecule has 1 aliphatic heterocycles. The van der Waals surface area contributed by atoms with E-state index in [1.807, 2.05) is 29.2 Å². The Morgan fingerprint density at radius 3 is 2.87 bits per heavy atom. The van der Waals surface area contributed by atoms with Gasteiger partial charge >= 0.3 is 0 Å². The summed E-state index contributed by atoms with van der Waals surface area (Å²) in [5.74, 6) is 0. The molecule has 0 aliphatic carbocycles. The second kappa shape index (κ2) is 4.34. The molecule has 0 saturated carbocycles. The lowest BCUT2D eigenvalue weighted by atomic mass is 9.95. The summed E-state index contributed by atoms with van der Waals surface area (Å²) in [4.78, 5) is 12.8. The minimum Gasteiger partial charge on any atom is -0.398 e. The van der Waals surface area contributed by atoms with Crippen molar-refractivity contribution in [3.05, 3.63) is 29.8 Å². The summed E-state index contributed by atoms with van der Waals surface area (Å²) in [6, 6.07) is 7.99. The average Bonchev–Trinajstić information content (AvgIpc) is 2.30. The highest BCUT2D eigenvalue weighted by Gasteiger charge is 2.23. The molecule has 3 heteroatoms. The van der Waals surface area contributed by atoms with Crippen LogP contribution in [0.4, 0.5) is 5.69 Å². The quantitative estimate of drug-likeness (QED) is 0.591. The summed E-state index contributed by atoms with van der Waals surface area (Å²) in [6.45, 7) is 0.850. The lowest BCUT2D eigenvalue weighted by Gasteiger charge is -2.33. The molecule has 1 atom stereocenters. The number of benzene rings is 1. The first-order valence-electron chi connectivity index (χ1n) is 5.38.